The number of nitrogens with zero attached hydrogens (tertiary/aromatic N) is 1. The minimum Gasteiger partial charge on any atom is -0.340 e. The summed E-state index contributed by atoms with van der Waals surface area (Å²) in [5, 5.41) is 2.91. The van der Waals surface area contributed by atoms with Crippen LogP contribution >= 0.6 is 0 Å². The Morgan fingerprint density at radius 2 is 1.90 bits per heavy atom. The molecule has 0 aromatic rings. The van der Waals surface area contributed by atoms with E-state index in [9.17, 15) is 18.0 Å². The Morgan fingerprint density at radius 3 is 2.38 bits per heavy atom. The highest BCUT2D eigenvalue weighted by molar-refractivity contribution is 7.90. The molecule has 1 saturated carbocycles. The Bertz CT molecular complexity index is 537. The molecule has 1 N–H and O–H groups in total. The molecule has 0 radical (unpaired) electrons. The smallest absolute Gasteiger partial charge is 0.249 e. The molecule has 1 aliphatic heterocycles. The van der Waals surface area contributed by atoms with E-state index >= 15 is 0 Å². The van der Waals surface area contributed by atoms with Crippen molar-refractivity contribution in [3.8, 4) is 0 Å². The zero-order valence-electron chi connectivity index (χ0n) is 12.9. The number of nitrogens with one attached hydrogen (secondary N) is 1. The van der Waals surface area contributed by atoms with Gasteiger partial charge in [-0.25, -0.2) is 8.42 Å². The van der Waals surface area contributed by atoms with Crippen molar-refractivity contribution >= 4 is 21.7 Å². The van der Waals surface area contributed by atoms with E-state index in [4.69, 9.17) is 0 Å². The first-order chi connectivity index (χ1) is 9.70. The van der Waals surface area contributed by atoms with Gasteiger partial charge < -0.3 is 10.2 Å². The van der Waals surface area contributed by atoms with E-state index in [1.165, 1.54) is 4.90 Å². The van der Waals surface area contributed by atoms with Crippen LogP contribution in [0, 0.1) is 0 Å². The normalized spacial score (nSPS) is 27.0. The maximum Gasteiger partial charge on any atom is 0.249 e. The molecule has 120 valence electrons. The van der Waals surface area contributed by atoms with Crippen molar-refractivity contribution < 1.29 is 18.0 Å². The fourth-order valence-corrected chi connectivity index (χ4v) is 4.65. The molecule has 2 unspecified atom stereocenters. The molecule has 0 aromatic heterocycles. The lowest BCUT2D eigenvalue weighted by atomic mass is 9.89. The highest BCUT2D eigenvalue weighted by Gasteiger charge is 2.52. The Labute approximate surface area is 126 Å². The molecule has 0 aromatic carbocycles. The molecule has 1 aliphatic carbocycles. The van der Waals surface area contributed by atoms with Crippen molar-refractivity contribution in [3.63, 3.8) is 0 Å². The van der Waals surface area contributed by atoms with E-state index in [2.05, 4.69) is 5.32 Å². The van der Waals surface area contributed by atoms with Crippen molar-refractivity contribution in [2.75, 3.05) is 12.0 Å². The second-order valence-corrected chi connectivity index (χ2v) is 8.54. The number of hydrogen-bond donors (Lipinski definition) is 1. The van der Waals surface area contributed by atoms with Gasteiger partial charge in [0.15, 0.2) is 0 Å². The number of amides is 2. The first-order valence-corrected chi connectivity index (χ1v) is 9.59. The lowest BCUT2D eigenvalue weighted by Gasteiger charge is -2.46. The lowest BCUT2D eigenvalue weighted by Crippen LogP contribution is -2.71. The lowest BCUT2D eigenvalue weighted by molar-refractivity contribution is -0.157. The predicted octanol–water partition coefficient (Wildman–Crippen LogP) is 0.469. The van der Waals surface area contributed by atoms with E-state index in [1.54, 1.807) is 6.92 Å². The Kier molecular flexibility index (Phi) is 4.33. The van der Waals surface area contributed by atoms with Crippen LogP contribution in [0.1, 0.15) is 46.0 Å². The molecular formula is C14H24N2O4S. The van der Waals surface area contributed by atoms with E-state index in [1.807, 2.05) is 6.92 Å². The van der Waals surface area contributed by atoms with Gasteiger partial charge in [-0.15, -0.1) is 0 Å². The highest BCUT2D eigenvalue weighted by Crippen LogP contribution is 2.36. The summed E-state index contributed by atoms with van der Waals surface area (Å²) in [6.45, 7) is 3.55. The van der Waals surface area contributed by atoms with Crippen molar-refractivity contribution in [1.29, 1.82) is 0 Å². The largest absolute Gasteiger partial charge is 0.340 e. The van der Waals surface area contributed by atoms with Gasteiger partial charge >= 0.3 is 0 Å². The van der Waals surface area contributed by atoms with Crippen molar-refractivity contribution in [3.05, 3.63) is 0 Å². The summed E-state index contributed by atoms with van der Waals surface area (Å²) >= 11 is 0. The SMILES string of the molecule is CCC1C(=O)NC2(CCCC2)C(=O)N1C(C)CS(C)(=O)=O. The van der Waals surface area contributed by atoms with Crippen LogP contribution in [0.3, 0.4) is 0 Å². The van der Waals surface area contributed by atoms with Gasteiger partial charge in [-0.1, -0.05) is 19.8 Å². The molecular weight excluding hydrogens is 292 g/mol. The molecule has 0 bridgehead atoms. The number of hydrogen-bond acceptors (Lipinski definition) is 4. The van der Waals surface area contributed by atoms with Gasteiger partial charge in [0.2, 0.25) is 11.8 Å². The maximum absolute atomic E-state index is 12.9. The summed E-state index contributed by atoms with van der Waals surface area (Å²) < 4.78 is 23.1. The second kappa shape index (κ2) is 5.59. The van der Waals surface area contributed by atoms with Gasteiger partial charge in [0.1, 0.15) is 21.4 Å². The zero-order chi connectivity index (χ0) is 15.8. The summed E-state index contributed by atoms with van der Waals surface area (Å²) in [6, 6.07) is -1.05. The molecule has 21 heavy (non-hydrogen) atoms. The van der Waals surface area contributed by atoms with Crippen LogP contribution in [-0.4, -0.2) is 54.8 Å². The minimum absolute atomic E-state index is 0.109. The van der Waals surface area contributed by atoms with Crippen molar-refractivity contribution in [2.24, 2.45) is 0 Å². The van der Waals surface area contributed by atoms with Gasteiger partial charge in [0, 0.05) is 12.3 Å². The number of piperazine rings is 1. The van der Waals surface area contributed by atoms with Crippen molar-refractivity contribution in [1.82, 2.24) is 10.2 Å². The van der Waals surface area contributed by atoms with Gasteiger partial charge in [-0.2, -0.15) is 0 Å². The standard InChI is InChI=1S/C14H24N2O4S/c1-4-11-12(17)15-14(7-5-6-8-14)13(18)16(11)10(2)9-21(3,19)20/h10-11H,4-9H2,1-3H3,(H,15,17). The minimum atomic E-state index is -3.21. The monoisotopic (exact) mass is 316 g/mol. The van der Waals surface area contributed by atoms with Crippen LogP contribution in [0.5, 0.6) is 0 Å². The average Bonchev–Trinajstić information content (AvgIpc) is 2.80. The predicted molar refractivity (Wildman–Crippen MR) is 79.4 cm³/mol. The Hall–Kier alpha value is -1.11. The molecule has 7 heteroatoms. The third-order valence-electron chi connectivity index (χ3n) is 4.51. The third kappa shape index (κ3) is 3.07. The molecule has 1 saturated heterocycles. The number of carbonyl (C=O) groups excluding carboxylic acids is 2. The average molecular weight is 316 g/mol. The maximum atomic E-state index is 12.9. The highest BCUT2D eigenvalue weighted by atomic mass is 32.2. The summed E-state index contributed by atoms with van der Waals surface area (Å²) in [6.07, 6.45) is 4.77. The molecule has 2 fully saturated rings. The zero-order valence-corrected chi connectivity index (χ0v) is 13.7. The van der Waals surface area contributed by atoms with Crippen LogP contribution in [0.25, 0.3) is 0 Å². The van der Waals surface area contributed by atoms with Crippen LogP contribution in [0.2, 0.25) is 0 Å². The molecule has 1 spiro atoms. The van der Waals surface area contributed by atoms with Crippen LogP contribution in [0.4, 0.5) is 0 Å². The molecule has 2 amide bonds. The van der Waals surface area contributed by atoms with Crippen molar-refractivity contribution in [2.45, 2.75) is 63.6 Å². The molecule has 2 atom stereocenters. The summed E-state index contributed by atoms with van der Waals surface area (Å²) in [4.78, 5) is 26.8. The topological polar surface area (TPSA) is 83.6 Å². The first-order valence-electron chi connectivity index (χ1n) is 7.53. The fraction of sp³-hybridized carbons (Fsp3) is 0.857. The number of carbonyl (C=O) groups is 2. The van der Waals surface area contributed by atoms with Crippen LogP contribution in [-0.2, 0) is 19.4 Å². The Morgan fingerprint density at radius 1 is 1.33 bits per heavy atom. The number of sulfone groups is 1. The molecule has 1 heterocycles. The van der Waals surface area contributed by atoms with E-state index in [0.29, 0.717) is 19.3 Å². The van der Waals surface area contributed by atoms with E-state index in [-0.39, 0.29) is 17.6 Å². The third-order valence-corrected chi connectivity index (χ3v) is 5.60. The molecule has 2 rings (SSSR count). The van der Waals surface area contributed by atoms with Gasteiger partial charge in [0.05, 0.1) is 5.75 Å². The van der Waals surface area contributed by atoms with Gasteiger partial charge in [-0.05, 0) is 26.2 Å². The summed E-state index contributed by atoms with van der Waals surface area (Å²) in [5.74, 6) is -0.375. The van der Waals surface area contributed by atoms with E-state index < -0.39 is 27.5 Å². The Balaban J connectivity index is 2.33. The summed E-state index contributed by atoms with van der Waals surface area (Å²) in [7, 11) is -3.21. The number of rotatable bonds is 4. The van der Waals surface area contributed by atoms with Gasteiger partial charge in [-0.3, -0.25) is 9.59 Å². The fourth-order valence-electron chi connectivity index (χ4n) is 3.61. The van der Waals surface area contributed by atoms with Crippen LogP contribution < -0.4 is 5.32 Å². The summed E-state index contributed by atoms with van der Waals surface area (Å²) in [5.41, 5.74) is -0.797. The first kappa shape index (κ1) is 16.3. The quantitative estimate of drug-likeness (QED) is 0.817. The van der Waals surface area contributed by atoms with Gasteiger partial charge in [0.25, 0.3) is 0 Å². The van der Waals surface area contributed by atoms with E-state index in [0.717, 1.165) is 19.1 Å². The van der Waals surface area contributed by atoms with Crippen LogP contribution in [0.15, 0.2) is 0 Å². The molecule has 2 aliphatic rings. The second-order valence-electron chi connectivity index (χ2n) is 6.36. The molecule has 6 nitrogen and oxygen atoms in total.